The Balaban J connectivity index is 1.58. The third-order valence-electron chi connectivity index (χ3n) is 5.41. The number of nitrogens with zero attached hydrogens (tertiary/aromatic N) is 5. The van der Waals surface area contributed by atoms with Crippen molar-refractivity contribution in [3.05, 3.63) is 64.7 Å². The lowest BCUT2D eigenvalue weighted by molar-refractivity contribution is 0.809. The minimum absolute atomic E-state index is 0.128. The zero-order valence-electron chi connectivity index (χ0n) is 21.6. The van der Waals surface area contributed by atoms with Crippen LogP contribution in [0.1, 0.15) is 50.1 Å². The van der Waals surface area contributed by atoms with Crippen LogP contribution >= 0.6 is 23.1 Å². The summed E-state index contributed by atoms with van der Waals surface area (Å²) in [5.41, 5.74) is 8.42. The SMILES string of the molecule is CC(=Nc1c(C)cc(C)c(Nc2nc(-c3ccc(-n4cnc(C)c4)nc3)cs2)c1C)SC(C)(C)C. The molecule has 182 valence electrons. The maximum absolute atomic E-state index is 4.98. The Labute approximate surface area is 216 Å². The summed E-state index contributed by atoms with van der Waals surface area (Å²) >= 11 is 3.38. The highest BCUT2D eigenvalue weighted by Crippen LogP contribution is 2.37. The van der Waals surface area contributed by atoms with Crippen molar-refractivity contribution < 1.29 is 0 Å². The predicted molar refractivity (Wildman–Crippen MR) is 151 cm³/mol. The fourth-order valence-corrected chi connectivity index (χ4v) is 5.72. The summed E-state index contributed by atoms with van der Waals surface area (Å²) in [4.78, 5) is 18.7. The molecular weight excluding hydrogens is 472 g/mol. The molecule has 0 spiro atoms. The Hall–Kier alpha value is -2.97. The molecule has 4 aromatic rings. The molecule has 0 aliphatic rings. The van der Waals surface area contributed by atoms with E-state index in [0.29, 0.717) is 0 Å². The topological polar surface area (TPSA) is 68.0 Å². The summed E-state index contributed by atoms with van der Waals surface area (Å²) in [6.45, 7) is 17.1. The van der Waals surface area contributed by atoms with Crippen LogP contribution in [-0.2, 0) is 0 Å². The van der Waals surface area contributed by atoms with Crippen molar-refractivity contribution in [1.82, 2.24) is 19.5 Å². The number of thioether (sulfide) groups is 1. The number of anilines is 2. The van der Waals surface area contributed by atoms with Crippen molar-refractivity contribution in [2.45, 2.75) is 60.1 Å². The number of hydrogen-bond donors (Lipinski definition) is 1. The number of aromatic nitrogens is 4. The highest BCUT2D eigenvalue weighted by molar-refractivity contribution is 8.15. The Kier molecular flexibility index (Phi) is 7.15. The molecule has 35 heavy (non-hydrogen) atoms. The summed E-state index contributed by atoms with van der Waals surface area (Å²) in [5.74, 6) is 0.835. The molecule has 1 N–H and O–H groups in total. The van der Waals surface area contributed by atoms with Gasteiger partial charge in [0.25, 0.3) is 0 Å². The summed E-state index contributed by atoms with van der Waals surface area (Å²) in [7, 11) is 0. The van der Waals surface area contributed by atoms with E-state index >= 15 is 0 Å². The van der Waals surface area contributed by atoms with Crippen molar-refractivity contribution in [2.75, 3.05) is 5.32 Å². The molecule has 6 nitrogen and oxygen atoms in total. The van der Waals surface area contributed by atoms with Crippen LogP contribution in [0.4, 0.5) is 16.5 Å². The quantitative estimate of drug-likeness (QED) is 0.221. The lowest BCUT2D eigenvalue weighted by atomic mass is 10.0. The number of hydrogen-bond acceptors (Lipinski definition) is 7. The fraction of sp³-hybridized carbons (Fsp3) is 0.333. The molecule has 0 amide bonds. The molecule has 0 aliphatic heterocycles. The van der Waals surface area contributed by atoms with Gasteiger partial charge in [-0.15, -0.1) is 23.1 Å². The number of aliphatic imine (C=N–C) groups is 1. The summed E-state index contributed by atoms with van der Waals surface area (Å²) in [6.07, 6.45) is 5.59. The summed E-state index contributed by atoms with van der Waals surface area (Å²) < 4.78 is 2.04. The zero-order valence-corrected chi connectivity index (χ0v) is 23.2. The predicted octanol–water partition coefficient (Wildman–Crippen LogP) is 7.95. The number of benzene rings is 1. The number of aryl methyl sites for hydroxylation is 3. The van der Waals surface area contributed by atoms with Gasteiger partial charge in [0.2, 0.25) is 0 Å². The first-order valence-electron chi connectivity index (χ1n) is 11.6. The van der Waals surface area contributed by atoms with Crippen LogP contribution in [0.2, 0.25) is 0 Å². The fourth-order valence-electron chi connectivity index (χ4n) is 3.97. The summed E-state index contributed by atoms with van der Waals surface area (Å²) in [6, 6.07) is 6.22. The molecular formula is C27H32N6S2. The molecule has 0 unspecified atom stereocenters. The number of imidazole rings is 1. The largest absolute Gasteiger partial charge is 0.331 e. The number of pyridine rings is 1. The van der Waals surface area contributed by atoms with E-state index < -0.39 is 0 Å². The normalized spacial score (nSPS) is 12.3. The van der Waals surface area contributed by atoms with Gasteiger partial charge in [0, 0.05) is 33.8 Å². The molecule has 0 saturated carbocycles. The van der Waals surface area contributed by atoms with E-state index in [1.165, 1.54) is 11.1 Å². The van der Waals surface area contributed by atoms with E-state index in [4.69, 9.17) is 9.98 Å². The first-order valence-corrected chi connectivity index (χ1v) is 13.2. The monoisotopic (exact) mass is 504 g/mol. The minimum atomic E-state index is 0.128. The van der Waals surface area contributed by atoms with Crippen LogP contribution in [0, 0.1) is 27.7 Å². The second kappa shape index (κ2) is 9.95. The van der Waals surface area contributed by atoms with Crippen molar-refractivity contribution >= 4 is 44.6 Å². The Morgan fingerprint density at radius 2 is 1.86 bits per heavy atom. The minimum Gasteiger partial charge on any atom is -0.331 e. The van der Waals surface area contributed by atoms with Crippen LogP contribution in [0.15, 0.2) is 47.3 Å². The lowest BCUT2D eigenvalue weighted by Crippen LogP contribution is -2.10. The molecule has 0 atom stereocenters. The van der Waals surface area contributed by atoms with Crippen molar-refractivity contribution in [3.63, 3.8) is 0 Å². The molecule has 0 saturated heterocycles. The Bertz CT molecular complexity index is 1370. The van der Waals surface area contributed by atoms with Crippen molar-refractivity contribution in [2.24, 2.45) is 4.99 Å². The van der Waals surface area contributed by atoms with Gasteiger partial charge in [-0.3, -0.25) is 4.57 Å². The van der Waals surface area contributed by atoms with Gasteiger partial charge in [-0.2, -0.15) is 0 Å². The zero-order chi connectivity index (χ0) is 25.3. The van der Waals surface area contributed by atoms with Crippen LogP contribution in [0.3, 0.4) is 0 Å². The maximum atomic E-state index is 4.98. The standard InChI is InChI=1S/C27H32N6S2/c1-16-11-17(2)25(19(4)24(16)30-20(5)35-27(6,7)8)32-26-31-22(14-34-26)21-9-10-23(28-12-21)33-13-18(3)29-15-33/h9-15H,1-8H3,(H,31,32). The van der Waals surface area contributed by atoms with Gasteiger partial charge in [0.15, 0.2) is 5.13 Å². The molecule has 1 aromatic carbocycles. The smallest absolute Gasteiger partial charge is 0.187 e. The van der Waals surface area contributed by atoms with E-state index in [2.05, 4.69) is 75.2 Å². The van der Waals surface area contributed by atoms with E-state index in [-0.39, 0.29) is 4.75 Å². The van der Waals surface area contributed by atoms with Gasteiger partial charge >= 0.3 is 0 Å². The average molecular weight is 505 g/mol. The average Bonchev–Trinajstić information content (AvgIpc) is 3.42. The molecule has 3 aromatic heterocycles. The molecule has 0 radical (unpaired) electrons. The van der Waals surface area contributed by atoms with Gasteiger partial charge in [0.1, 0.15) is 12.1 Å². The van der Waals surface area contributed by atoms with Gasteiger partial charge in [-0.1, -0.05) is 26.8 Å². The van der Waals surface area contributed by atoms with Crippen LogP contribution in [-0.4, -0.2) is 29.3 Å². The molecule has 4 rings (SSSR count). The highest BCUT2D eigenvalue weighted by atomic mass is 32.2. The van der Waals surface area contributed by atoms with Gasteiger partial charge in [-0.25, -0.2) is 19.9 Å². The van der Waals surface area contributed by atoms with E-state index in [1.54, 1.807) is 29.4 Å². The second-order valence-corrected chi connectivity index (χ2v) is 12.6. The third kappa shape index (κ3) is 6.00. The van der Waals surface area contributed by atoms with E-state index in [1.807, 2.05) is 36.0 Å². The highest BCUT2D eigenvalue weighted by Gasteiger charge is 2.16. The summed E-state index contributed by atoms with van der Waals surface area (Å²) in [5, 5.41) is 7.53. The van der Waals surface area contributed by atoms with Crippen molar-refractivity contribution in [1.29, 1.82) is 0 Å². The van der Waals surface area contributed by atoms with Gasteiger partial charge < -0.3 is 5.32 Å². The molecule has 8 heteroatoms. The first kappa shape index (κ1) is 25.1. The van der Waals surface area contributed by atoms with Crippen molar-refractivity contribution in [3.8, 4) is 17.1 Å². The van der Waals surface area contributed by atoms with Gasteiger partial charge in [-0.05, 0) is 63.4 Å². The number of rotatable bonds is 5. The third-order valence-corrected chi connectivity index (χ3v) is 7.17. The molecule has 3 heterocycles. The second-order valence-electron chi connectivity index (χ2n) is 9.69. The first-order chi connectivity index (χ1) is 16.5. The molecule has 0 bridgehead atoms. The number of nitrogens with one attached hydrogen (secondary N) is 1. The Morgan fingerprint density at radius 1 is 1.09 bits per heavy atom. The molecule has 0 aliphatic carbocycles. The van der Waals surface area contributed by atoms with Crippen LogP contribution < -0.4 is 5.32 Å². The van der Waals surface area contributed by atoms with Crippen LogP contribution in [0.5, 0.6) is 0 Å². The van der Waals surface area contributed by atoms with E-state index in [0.717, 1.165) is 49.9 Å². The molecule has 0 fully saturated rings. The van der Waals surface area contributed by atoms with Gasteiger partial charge in [0.05, 0.1) is 22.1 Å². The van der Waals surface area contributed by atoms with Crippen LogP contribution in [0.25, 0.3) is 17.1 Å². The van der Waals surface area contributed by atoms with E-state index in [9.17, 15) is 0 Å². The lowest BCUT2D eigenvalue weighted by Gasteiger charge is -2.19. The maximum Gasteiger partial charge on any atom is 0.187 e. The number of thiazole rings is 1. The Morgan fingerprint density at radius 3 is 2.49 bits per heavy atom.